The molecule has 4 N–H and O–H groups in total. The van der Waals surface area contributed by atoms with E-state index in [-0.39, 0.29) is 34.7 Å². The second-order valence-corrected chi connectivity index (χ2v) is 5.35. The number of aromatic nitrogens is 2. The van der Waals surface area contributed by atoms with E-state index < -0.39 is 6.43 Å². The molecule has 0 radical (unpaired) electrons. The summed E-state index contributed by atoms with van der Waals surface area (Å²) in [6.07, 6.45) is 0.172. The highest BCUT2D eigenvalue weighted by Crippen LogP contribution is 2.29. The number of aryl methyl sites for hydroxylation is 1. The predicted molar refractivity (Wildman–Crippen MR) is 89.9 cm³/mol. The SMILES string of the molecule is Cc1cnc(OC/C(=C/Nc2ccc(Cl)c(C(F)F)c2)N=N)nc1N. The highest BCUT2D eigenvalue weighted by Gasteiger charge is 2.12. The van der Waals surface area contributed by atoms with Crippen molar-refractivity contribution in [2.75, 3.05) is 17.7 Å². The van der Waals surface area contributed by atoms with E-state index in [1.54, 1.807) is 6.92 Å². The van der Waals surface area contributed by atoms with Gasteiger partial charge in [-0.2, -0.15) is 10.1 Å². The monoisotopic (exact) mass is 368 g/mol. The molecule has 25 heavy (non-hydrogen) atoms. The highest BCUT2D eigenvalue weighted by molar-refractivity contribution is 6.31. The van der Waals surface area contributed by atoms with E-state index in [0.29, 0.717) is 11.3 Å². The molecule has 0 fully saturated rings. The van der Waals surface area contributed by atoms with Crippen LogP contribution in [0.25, 0.3) is 0 Å². The number of nitrogens with one attached hydrogen (secondary N) is 2. The van der Waals surface area contributed by atoms with Crippen LogP contribution in [0.15, 0.2) is 41.4 Å². The highest BCUT2D eigenvalue weighted by atomic mass is 35.5. The van der Waals surface area contributed by atoms with Crippen LogP contribution < -0.4 is 15.8 Å². The molecule has 0 aliphatic rings. The fourth-order valence-electron chi connectivity index (χ4n) is 1.72. The summed E-state index contributed by atoms with van der Waals surface area (Å²) in [4.78, 5) is 7.88. The van der Waals surface area contributed by atoms with Gasteiger partial charge in [0.1, 0.15) is 18.1 Å². The lowest BCUT2D eigenvalue weighted by Crippen LogP contribution is -2.06. The second-order valence-electron chi connectivity index (χ2n) is 4.94. The minimum absolute atomic E-state index is 0.0210. The van der Waals surface area contributed by atoms with Crippen LogP contribution in [0.5, 0.6) is 6.01 Å². The van der Waals surface area contributed by atoms with Crippen molar-refractivity contribution in [2.24, 2.45) is 5.11 Å². The van der Waals surface area contributed by atoms with Gasteiger partial charge in [0.05, 0.1) is 0 Å². The Morgan fingerprint density at radius 2 is 2.28 bits per heavy atom. The van der Waals surface area contributed by atoms with Crippen molar-refractivity contribution in [1.29, 1.82) is 5.53 Å². The Morgan fingerprint density at radius 3 is 2.92 bits per heavy atom. The summed E-state index contributed by atoms with van der Waals surface area (Å²) in [5, 5.41) is 6.04. The Morgan fingerprint density at radius 1 is 1.52 bits per heavy atom. The number of hydrogen-bond donors (Lipinski definition) is 3. The minimum Gasteiger partial charge on any atom is -0.457 e. The maximum atomic E-state index is 12.8. The standard InChI is InChI=1S/C15H15ClF2N6O/c1-8-5-22-15(23-14(8)19)25-7-10(24-20)6-21-9-2-3-12(16)11(4-9)13(17)18/h2-6,13,20-21H,7H2,1H3,(H2,19,22,23)/b10-6-,24-20?. The van der Waals surface area contributed by atoms with Gasteiger partial charge in [-0.1, -0.05) is 11.6 Å². The van der Waals surface area contributed by atoms with Gasteiger partial charge in [-0.15, -0.1) is 0 Å². The van der Waals surface area contributed by atoms with Gasteiger partial charge in [0.2, 0.25) is 0 Å². The van der Waals surface area contributed by atoms with E-state index >= 15 is 0 Å². The number of benzene rings is 1. The molecule has 0 spiro atoms. The zero-order valence-electron chi connectivity index (χ0n) is 13.1. The van der Waals surface area contributed by atoms with Crippen LogP contribution >= 0.6 is 11.6 Å². The summed E-state index contributed by atoms with van der Waals surface area (Å²) in [6.45, 7) is 1.65. The maximum absolute atomic E-state index is 12.8. The van der Waals surface area contributed by atoms with Crippen molar-refractivity contribution in [1.82, 2.24) is 9.97 Å². The van der Waals surface area contributed by atoms with Crippen LogP contribution in [-0.2, 0) is 0 Å². The Labute approximate surface area is 147 Å². The third-order valence-corrected chi connectivity index (χ3v) is 3.46. The van der Waals surface area contributed by atoms with E-state index in [0.717, 1.165) is 0 Å². The molecule has 1 aromatic heterocycles. The molecule has 0 aliphatic carbocycles. The Kier molecular flexibility index (Phi) is 6.18. The van der Waals surface area contributed by atoms with Crippen molar-refractivity contribution >= 4 is 23.1 Å². The normalized spacial score (nSPS) is 11.5. The van der Waals surface area contributed by atoms with E-state index in [9.17, 15) is 8.78 Å². The van der Waals surface area contributed by atoms with Crippen molar-refractivity contribution in [2.45, 2.75) is 13.3 Å². The Bertz CT molecular complexity index is 800. The van der Waals surface area contributed by atoms with E-state index in [4.69, 9.17) is 27.6 Å². The molecule has 132 valence electrons. The summed E-state index contributed by atoms with van der Waals surface area (Å²) < 4.78 is 30.9. The molecular weight excluding hydrogens is 354 g/mol. The fourth-order valence-corrected chi connectivity index (χ4v) is 1.92. The van der Waals surface area contributed by atoms with Crippen LogP contribution in [-0.4, -0.2) is 16.6 Å². The molecule has 2 rings (SSSR count). The minimum atomic E-state index is -2.69. The average Bonchev–Trinajstić information content (AvgIpc) is 2.59. The third-order valence-electron chi connectivity index (χ3n) is 3.12. The van der Waals surface area contributed by atoms with Crippen LogP contribution in [0.3, 0.4) is 0 Å². The number of nitrogen functional groups attached to an aromatic ring is 1. The van der Waals surface area contributed by atoms with Crippen molar-refractivity contribution in [3.8, 4) is 6.01 Å². The molecule has 0 aliphatic heterocycles. The smallest absolute Gasteiger partial charge is 0.318 e. The van der Waals surface area contributed by atoms with E-state index in [1.807, 2.05) is 0 Å². The lowest BCUT2D eigenvalue weighted by atomic mass is 10.2. The van der Waals surface area contributed by atoms with Gasteiger partial charge in [-0.25, -0.2) is 19.3 Å². The predicted octanol–water partition coefficient (Wildman–Crippen LogP) is 4.32. The van der Waals surface area contributed by atoms with Crippen LogP contribution in [0.2, 0.25) is 5.02 Å². The molecular formula is C15H15ClF2N6O. The molecule has 0 amide bonds. The summed E-state index contributed by atoms with van der Waals surface area (Å²) >= 11 is 5.71. The molecule has 0 atom stereocenters. The molecule has 0 unspecified atom stereocenters. The van der Waals surface area contributed by atoms with Crippen LogP contribution in [0.1, 0.15) is 17.6 Å². The number of halogens is 3. The molecule has 1 aromatic carbocycles. The van der Waals surface area contributed by atoms with Crippen molar-refractivity contribution in [3.63, 3.8) is 0 Å². The molecule has 2 aromatic rings. The molecule has 0 bridgehead atoms. The van der Waals surface area contributed by atoms with Gasteiger partial charge in [-0.3, -0.25) is 0 Å². The van der Waals surface area contributed by atoms with Gasteiger partial charge in [0.15, 0.2) is 0 Å². The topological polar surface area (TPSA) is 109 Å². The Balaban J connectivity index is 2.04. The Hall–Kier alpha value is -2.81. The van der Waals surface area contributed by atoms with Gasteiger partial charge in [0.25, 0.3) is 6.43 Å². The van der Waals surface area contributed by atoms with Crippen LogP contribution in [0, 0.1) is 12.5 Å². The zero-order chi connectivity index (χ0) is 18.4. The molecule has 1 heterocycles. The lowest BCUT2D eigenvalue weighted by molar-refractivity contribution is 0.151. The number of nitrogens with two attached hydrogens (primary N) is 1. The number of nitrogens with zero attached hydrogens (tertiary/aromatic N) is 3. The largest absolute Gasteiger partial charge is 0.457 e. The van der Waals surface area contributed by atoms with E-state index in [1.165, 1.54) is 30.6 Å². The quantitative estimate of drug-likeness (QED) is 0.630. The third kappa shape index (κ3) is 5.08. The first-order chi connectivity index (χ1) is 11.9. The van der Waals surface area contributed by atoms with Crippen LogP contribution in [0.4, 0.5) is 20.3 Å². The second kappa shape index (κ2) is 8.34. The number of rotatable bonds is 7. The summed E-state index contributed by atoms with van der Waals surface area (Å²) in [6, 6.07) is 4.15. The van der Waals surface area contributed by atoms with E-state index in [2.05, 4.69) is 20.4 Å². The van der Waals surface area contributed by atoms with Crippen molar-refractivity contribution < 1.29 is 13.5 Å². The van der Waals surface area contributed by atoms with Crippen molar-refractivity contribution in [3.05, 3.63) is 52.4 Å². The molecule has 0 saturated carbocycles. The number of alkyl halides is 2. The summed E-state index contributed by atoms with van der Waals surface area (Å²) in [5.41, 5.74) is 13.8. The fraction of sp³-hybridized carbons (Fsp3) is 0.200. The average molecular weight is 369 g/mol. The summed E-state index contributed by atoms with van der Waals surface area (Å²) in [7, 11) is 0. The molecule has 7 nitrogen and oxygen atoms in total. The maximum Gasteiger partial charge on any atom is 0.318 e. The lowest BCUT2D eigenvalue weighted by Gasteiger charge is -2.08. The molecule has 0 saturated heterocycles. The van der Waals surface area contributed by atoms with Gasteiger partial charge in [0, 0.05) is 34.2 Å². The van der Waals surface area contributed by atoms with Gasteiger partial charge < -0.3 is 15.8 Å². The zero-order valence-corrected chi connectivity index (χ0v) is 13.9. The first kappa shape index (κ1) is 18.5. The first-order valence-electron chi connectivity index (χ1n) is 7.03. The first-order valence-corrected chi connectivity index (χ1v) is 7.41. The van der Waals surface area contributed by atoms with Gasteiger partial charge >= 0.3 is 6.01 Å². The number of hydrogen-bond acceptors (Lipinski definition) is 7. The van der Waals surface area contributed by atoms with Gasteiger partial charge in [-0.05, 0) is 25.1 Å². The molecule has 10 heteroatoms. The summed E-state index contributed by atoms with van der Waals surface area (Å²) in [5.74, 6) is 0.289. The number of anilines is 2. The number of ether oxygens (including phenoxy) is 1.